The summed E-state index contributed by atoms with van der Waals surface area (Å²) in [6.45, 7) is 28.2. The maximum Gasteiger partial charge on any atom is 0.257 e. The zero-order valence-corrected chi connectivity index (χ0v) is 30.5. The summed E-state index contributed by atoms with van der Waals surface area (Å²) in [5, 5.41) is 9.70. The minimum absolute atomic E-state index is 0.0677. The van der Waals surface area contributed by atoms with E-state index in [0.29, 0.717) is 25.1 Å². The van der Waals surface area contributed by atoms with Gasteiger partial charge in [-0.05, 0) is 66.9 Å². The van der Waals surface area contributed by atoms with Gasteiger partial charge in [0.25, 0.3) is 5.91 Å². The average Bonchev–Trinajstić information content (AvgIpc) is 3.61. The molecule has 3 heterocycles. The maximum absolute atomic E-state index is 13.1. The summed E-state index contributed by atoms with van der Waals surface area (Å²) in [5.74, 6) is 0.675. The average molecular weight is 623 g/mol. The van der Waals surface area contributed by atoms with Crippen molar-refractivity contribution in [3.05, 3.63) is 80.2 Å². The van der Waals surface area contributed by atoms with Crippen LogP contribution in [0.15, 0.2) is 58.5 Å². The minimum Gasteiger partial charge on any atom is -0.333 e. The van der Waals surface area contributed by atoms with Gasteiger partial charge in [-0.15, -0.1) is 11.3 Å². The number of hydrogen-bond acceptors (Lipinski definition) is 4. The highest BCUT2D eigenvalue weighted by molar-refractivity contribution is 7.10. The second kappa shape index (κ2) is 18.6. The van der Waals surface area contributed by atoms with Crippen molar-refractivity contribution in [1.82, 2.24) is 14.7 Å². The molecule has 0 saturated heterocycles. The Morgan fingerprint density at radius 3 is 2.25 bits per heavy atom. The van der Waals surface area contributed by atoms with Gasteiger partial charge in [0.1, 0.15) is 5.82 Å². The molecule has 44 heavy (non-hydrogen) atoms. The number of anilines is 1. The van der Waals surface area contributed by atoms with Gasteiger partial charge < -0.3 is 10.2 Å². The Bertz CT molecular complexity index is 1350. The molecular formula is C37H58N4O2S. The summed E-state index contributed by atoms with van der Waals surface area (Å²) in [5.41, 5.74) is 6.22. The number of nitrogens with one attached hydrogen (secondary N) is 1. The van der Waals surface area contributed by atoms with Crippen molar-refractivity contribution in [2.75, 3.05) is 11.9 Å². The molecule has 0 atom stereocenters. The molecule has 2 amide bonds. The third kappa shape index (κ3) is 11.4. The molecule has 1 aliphatic rings. The SMILES string of the molecule is C/C=C(\C)C(=O)N1CCc2c(C(=O)Nc3cc(C(C)(C)C)nn3C(C)C)csc2C1.C/C=C\C=C/C(C)=C(C)CC.CCC. The Hall–Kier alpha value is -3.19. The van der Waals surface area contributed by atoms with Gasteiger partial charge in [-0.3, -0.25) is 9.59 Å². The predicted molar refractivity (Wildman–Crippen MR) is 191 cm³/mol. The van der Waals surface area contributed by atoms with Gasteiger partial charge in [0, 0.05) is 39.9 Å². The molecule has 2 aromatic heterocycles. The highest BCUT2D eigenvalue weighted by atomic mass is 32.1. The number of hydrogen-bond donors (Lipinski definition) is 1. The molecule has 3 rings (SSSR count). The molecule has 0 spiro atoms. The number of rotatable bonds is 7. The Kier molecular flexibility index (Phi) is 16.4. The number of thiophene rings is 1. The second-order valence-electron chi connectivity index (χ2n) is 12.6. The van der Waals surface area contributed by atoms with Crippen LogP contribution in [0.25, 0.3) is 0 Å². The van der Waals surface area contributed by atoms with Crippen molar-refractivity contribution in [2.24, 2.45) is 0 Å². The van der Waals surface area contributed by atoms with Crippen LogP contribution in [0.4, 0.5) is 5.82 Å². The van der Waals surface area contributed by atoms with E-state index in [1.165, 1.54) is 17.6 Å². The van der Waals surface area contributed by atoms with Gasteiger partial charge >= 0.3 is 0 Å². The maximum atomic E-state index is 13.1. The lowest BCUT2D eigenvalue weighted by Crippen LogP contribution is -2.36. The van der Waals surface area contributed by atoms with E-state index in [9.17, 15) is 9.59 Å². The quantitative estimate of drug-likeness (QED) is 0.247. The predicted octanol–water partition coefficient (Wildman–Crippen LogP) is 10.2. The number of fused-ring (bicyclic) bond motifs is 1. The van der Waals surface area contributed by atoms with Crippen molar-refractivity contribution in [1.29, 1.82) is 0 Å². The summed E-state index contributed by atoms with van der Waals surface area (Å²) in [4.78, 5) is 28.5. The summed E-state index contributed by atoms with van der Waals surface area (Å²) in [6.07, 6.45) is 13.2. The molecule has 1 aliphatic heterocycles. The topological polar surface area (TPSA) is 67.2 Å². The van der Waals surface area contributed by atoms with E-state index >= 15 is 0 Å². The number of aromatic nitrogens is 2. The summed E-state index contributed by atoms with van der Waals surface area (Å²) >= 11 is 1.55. The lowest BCUT2D eigenvalue weighted by atomic mass is 9.92. The van der Waals surface area contributed by atoms with E-state index in [-0.39, 0.29) is 23.3 Å². The molecule has 1 N–H and O–H groups in total. The van der Waals surface area contributed by atoms with Crippen LogP contribution in [-0.4, -0.2) is 33.0 Å². The number of nitrogens with zero attached hydrogens (tertiary/aromatic N) is 3. The molecule has 244 valence electrons. The van der Waals surface area contributed by atoms with Crippen LogP contribution in [0.1, 0.15) is 135 Å². The van der Waals surface area contributed by atoms with Crippen LogP contribution < -0.4 is 5.32 Å². The van der Waals surface area contributed by atoms with Gasteiger partial charge in [0.05, 0.1) is 17.8 Å². The van der Waals surface area contributed by atoms with E-state index in [1.54, 1.807) is 11.3 Å². The normalized spacial score (nSPS) is 14.1. The van der Waals surface area contributed by atoms with Gasteiger partial charge in [-0.1, -0.05) is 89.5 Å². The zero-order valence-electron chi connectivity index (χ0n) is 29.7. The third-order valence-electron chi connectivity index (χ3n) is 7.34. The number of amides is 2. The molecule has 0 unspecified atom stereocenters. The first kappa shape index (κ1) is 38.8. The molecule has 0 radical (unpaired) electrons. The fourth-order valence-electron chi connectivity index (χ4n) is 4.23. The Morgan fingerprint density at radius 2 is 1.73 bits per heavy atom. The first-order valence-electron chi connectivity index (χ1n) is 16.0. The van der Waals surface area contributed by atoms with Gasteiger partial charge in [0.2, 0.25) is 5.91 Å². The molecular weight excluding hydrogens is 565 g/mol. The summed E-state index contributed by atoms with van der Waals surface area (Å²) < 4.78 is 1.87. The first-order chi connectivity index (χ1) is 20.7. The standard InChI is InChI=1S/C23H32N4O2S.C11H18.C3H8/c1-8-15(4)22(29)26-10-9-16-17(13-30-18(16)12-26)21(28)24-20-11-19(23(5,6)7)25-27(20)14(2)3;1-5-7-8-9-11(4)10(3)6-2;1-3-2/h8,11,13-14H,9-10,12H2,1-7H3,(H,24,28);5,7-9H,6H2,1-4H3;3H2,1-2H3/b15-8+;7-5-,9-8-,11-10?;. The molecule has 6 nitrogen and oxygen atoms in total. The van der Waals surface area contributed by atoms with Gasteiger partial charge in [0.15, 0.2) is 0 Å². The van der Waals surface area contributed by atoms with Crippen molar-refractivity contribution in [3.8, 4) is 0 Å². The second-order valence-corrected chi connectivity index (χ2v) is 13.5. The Morgan fingerprint density at radius 1 is 1.09 bits per heavy atom. The number of allylic oxidation sites excluding steroid dienone is 7. The summed E-state index contributed by atoms with van der Waals surface area (Å²) in [7, 11) is 0. The smallest absolute Gasteiger partial charge is 0.257 e. The lowest BCUT2D eigenvalue weighted by molar-refractivity contribution is -0.127. The fraction of sp³-hybridized carbons (Fsp3) is 0.541. The lowest BCUT2D eigenvalue weighted by Gasteiger charge is -2.27. The molecule has 0 aliphatic carbocycles. The molecule has 0 fully saturated rings. The molecule has 0 saturated carbocycles. The molecule has 2 aromatic rings. The van der Waals surface area contributed by atoms with E-state index in [4.69, 9.17) is 5.10 Å². The van der Waals surface area contributed by atoms with E-state index < -0.39 is 0 Å². The van der Waals surface area contributed by atoms with Crippen LogP contribution in [0, 0.1) is 0 Å². The fourth-order valence-corrected chi connectivity index (χ4v) is 5.32. The van der Waals surface area contributed by atoms with Crippen molar-refractivity contribution < 1.29 is 9.59 Å². The summed E-state index contributed by atoms with van der Waals surface area (Å²) in [6, 6.07) is 2.11. The highest BCUT2D eigenvalue weighted by Crippen LogP contribution is 2.31. The van der Waals surface area contributed by atoms with E-state index in [1.807, 2.05) is 60.0 Å². The number of carbonyl (C=O) groups is 2. The van der Waals surface area contributed by atoms with Crippen LogP contribution in [-0.2, 0) is 23.2 Å². The van der Waals surface area contributed by atoms with Crippen LogP contribution in [0.3, 0.4) is 0 Å². The largest absolute Gasteiger partial charge is 0.333 e. The minimum atomic E-state index is -0.112. The molecule has 0 bridgehead atoms. The van der Waals surface area contributed by atoms with E-state index in [2.05, 4.69) is 86.7 Å². The Labute approximate surface area is 272 Å². The van der Waals surface area contributed by atoms with Crippen LogP contribution >= 0.6 is 11.3 Å². The van der Waals surface area contributed by atoms with Crippen molar-refractivity contribution in [2.45, 2.75) is 127 Å². The molecule has 7 heteroatoms. The van der Waals surface area contributed by atoms with Crippen molar-refractivity contribution in [3.63, 3.8) is 0 Å². The van der Waals surface area contributed by atoms with Crippen LogP contribution in [0.5, 0.6) is 0 Å². The highest BCUT2D eigenvalue weighted by Gasteiger charge is 2.28. The third-order valence-corrected chi connectivity index (χ3v) is 8.35. The zero-order chi connectivity index (χ0) is 33.6. The van der Waals surface area contributed by atoms with Crippen molar-refractivity contribution >= 4 is 29.0 Å². The monoisotopic (exact) mass is 622 g/mol. The number of carbonyl (C=O) groups excluding carboxylic acids is 2. The van der Waals surface area contributed by atoms with Gasteiger partial charge in [-0.25, -0.2) is 4.68 Å². The Balaban J connectivity index is 0.000000580. The first-order valence-corrected chi connectivity index (χ1v) is 16.9. The van der Waals surface area contributed by atoms with E-state index in [0.717, 1.165) is 33.9 Å². The molecule has 0 aromatic carbocycles. The van der Waals surface area contributed by atoms with Gasteiger partial charge in [-0.2, -0.15) is 5.10 Å². The van der Waals surface area contributed by atoms with Crippen LogP contribution in [0.2, 0.25) is 0 Å².